The van der Waals surface area contributed by atoms with Crippen LogP contribution < -0.4 is 10.5 Å². The lowest BCUT2D eigenvalue weighted by Crippen LogP contribution is -1.92. The van der Waals surface area contributed by atoms with Crippen LogP contribution in [0.15, 0.2) is 24.4 Å². The third-order valence-corrected chi connectivity index (χ3v) is 2.43. The van der Waals surface area contributed by atoms with Crippen LogP contribution in [0.2, 0.25) is 5.02 Å². The normalized spacial score (nSPS) is 10.4. The van der Waals surface area contributed by atoms with Crippen LogP contribution in [0.1, 0.15) is 6.92 Å². The van der Waals surface area contributed by atoms with Gasteiger partial charge in [0.2, 0.25) is 0 Å². The Balaban J connectivity index is 2.34. The Kier molecular flexibility index (Phi) is 3.01. The smallest absolute Gasteiger partial charge is 0.197 e. The Morgan fingerprint density at radius 2 is 2.31 bits per heavy atom. The van der Waals surface area contributed by atoms with Crippen LogP contribution in [-0.2, 0) is 0 Å². The van der Waals surface area contributed by atoms with E-state index in [1.54, 1.807) is 6.20 Å². The molecule has 0 fully saturated rings. The molecule has 0 saturated carbocycles. The van der Waals surface area contributed by atoms with Gasteiger partial charge in [-0.25, -0.2) is 4.98 Å². The molecule has 0 spiro atoms. The van der Waals surface area contributed by atoms with E-state index >= 15 is 0 Å². The number of nitrogens with zero attached hydrogens (tertiary/aromatic N) is 1. The fourth-order valence-electron chi connectivity index (χ4n) is 1.42. The van der Waals surface area contributed by atoms with Crippen molar-refractivity contribution in [3.05, 3.63) is 29.4 Å². The Morgan fingerprint density at radius 1 is 1.50 bits per heavy atom. The number of hydrogen-bond donors (Lipinski definition) is 2. The second kappa shape index (κ2) is 4.45. The molecule has 84 valence electrons. The van der Waals surface area contributed by atoms with E-state index in [2.05, 4.69) is 9.97 Å². The van der Waals surface area contributed by atoms with Gasteiger partial charge < -0.3 is 15.5 Å². The van der Waals surface area contributed by atoms with Crippen LogP contribution in [0.4, 0.5) is 5.95 Å². The van der Waals surface area contributed by atoms with E-state index in [0.29, 0.717) is 23.3 Å². The molecule has 0 radical (unpaired) electrons. The zero-order valence-corrected chi connectivity index (χ0v) is 9.58. The summed E-state index contributed by atoms with van der Waals surface area (Å²) in [7, 11) is 0. The van der Waals surface area contributed by atoms with Gasteiger partial charge in [0.1, 0.15) is 5.75 Å². The summed E-state index contributed by atoms with van der Waals surface area (Å²) in [5.74, 6) is 1.07. The van der Waals surface area contributed by atoms with E-state index in [0.717, 1.165) is 11.3 Å². The van der Waals surface area contributed by atoms with Gasteiger partial charge in [-0.05, 0) is 25.1 Å². The summed E-state index contributed by atoms with van der Waals surface area (Å²) >= 11 is 6.07. The SMILES string of the molecule is CCOc1ccc(-c2cnc(N)[nH]2)cc1Cl. The van der Waals surface area contributed by atoms with Gasteiger partial charge in [0.15, 0.2) is 5.95 Å². The molecule has 0 aliphatic rings. The quantitative estimate of drug-likeness (QED) is 0.863. The molecule has 0 bridgehead atoms. The molecule has 0 aliphatic carbocycles. The van der Waals surface area contributed by atoms with Crippen molar-refractivity contribution in [1.29, 1.82) is 0 Å². The number of benzene rings is 1. The molecule has 0 saturated heterocycles. The number of nitrogens with one attached hydrogen (secondary N) is 1. The van der Waals surface area contributed by atoms with Crippen LogP contribution in [0.5, 0.6) is 5.75 Å². The molecule has 2 aromatic rings. The number of imidazole rings is 1. The van der Waals surface area contributed by atoms with Gasteiger partial charge in [-0.1, -0.05) is 11.6 Å². The fourth-order valence-corrected chi connectivity index (χ4v) is 1.66. The van der Waals surface area contributed by atoms with Gasteiger partial charge in [0, 0.05) is 5.56 Å². The Bertz CT molecular complexity index is 496. The zero-order chi connectivity index (χ0) is 11.5. The molecule has 1 heterocycles. The molecule has 0 aliphatic heterocycles. The van der Waals surface area contributed by atoms with Crippen molar-refractivity contribution < 1.29 is 4.74 Å². The van der Waals surface area contributed by atoms with E-state index in [9.17, 15) is 0 Å². The van der Waals surface area contributed by atoms with Crippen LogP contribution in [0.3, 0.4) is 0 Å². The summed E-state index contributed by atoms with van der Waals surface area (Å²) in [4.78, 5) is 6.87. The molecular formula is C11H12ClN3O. The van der Waals surface area contributed by atoms with E-state index < -0.39 is 0 Å². The zero-order valence-electron chi connectivity index (χ0n) is 8.83. The standard InChI is InChI=1S/C11H12ClN3O/c1-2-16-10-4-3-7(5-8(10)12)9-6-14-11(13)15-9/h3-6H,2H2,1H3,(H3,13,14,15). The van der Waals surface area contributed by atoms with Crippen molar-refractivity contribution >= 4 is 17.5 Å². The number of nitrogen functional groups attached to an aromatic ring is 1. The summed E-state index contributed by atoms with van der Waals surface area (Å²) in [6, 6.07) is 5.56. The van der Waals surface area contributed by atoms with Crippen LogP contribution >= 0.6 is 11.6 Å². The average Bonchev–Trinajstić information content (AvgIpc) is 2.68. The highest BCUT2D eigenvalue weighted by Crippen LogP contribution is 2.29. The fraction of sp³-hybridized carbons (Fsp3) is 0.182. The van der Waals surface area contributed by atoms with E-state index in [-0.39, 0.29) is 0 Å². The van der Waals surface area contributed by atoms with Gasteiger partial charge in [-0.15, -0.1) is 0 Å². The maximum absolute atomic E-state index is 6.07. The van der Waals surface area contributed by atoms with Crippen LogP contribution in [0.25, 0.3) is 11.3 Å². The van der Waals surface area contributed by atoms with Gasteiger partial charge >= 0.3 is 0 Å². The van der Waals surface area contributed by atoms with Crippen LogP contribution in [-0.4, -0.2) is 16.6 Å². The summed E-state index contributed by atoms with van der Waals surface area (Å²) in [5.41, 5.74) is 7.27. The topological polar surface area (TPSA) is 63.9 Å². The monoisotopic (exact) mass is 237 g/mol. The molecule has 1 aromatic carbocycles. The molecule has 5 heteroatoms. The molecule has 0 amide bonds. The van der Waals surface area contributed by atoms with E-state index in [1.165, 1.54) is 0 Å². The van der Waals surface area contributed by atoms with Crippen molar-refractivity contribution in [2.24, 2.45) is 0 Å². The number of aromatic nitrogens is 2. The minimum atomic E-state index is 0.389. The number of nitrogens with two attached hydrogens (primary N) is 1. The highest BCUT2D eigenvalue weighted by atomic mass is 35.5. The first-order chi connectivity index (χ1) is 7.70. The highest BCUT2D eigenvalue weighted by molar-refractivity contribution is 6.32. The number of anilines is 1. The Morgan fingerprint density at radius 3 is 2.88 bits per heavy atom. The molecule has 0 unspecified atom stereocenters. The predicted octanol–water partition coefficient (Wildman–Crippen LogP) is 2.71. The van der Waals surface area contributed by atoms with E-state index in [4.69, 9.17) is 22.1 Å². The third-order valence-electron chi connectivity index (χ3n) is 2.14. The second-order valence-corrected chi connectivity index (χ2v) is 3.67. The molecular weight excluding hydrogens is 226 g/mol. The number of halogens is 1. The molecule has 2 rings (SSSR count). The molecule has 4 nitrogen and oxygen atoms in total. The number of ether oxygens (including phenoxy) is 1. The van der Waals surface area contributed by atoms with Crippen molar-refractivity contribution in [3.63, 3.8) is 0 Å². The Hall–Kier alpha value is -1.68. The number of aromatic amines is 1. The first-order valence-electron chi connectivity index (χ1n) is 4.94. The summed E-state index contributed by atoms with van der Waals surface area (Å²) in [6.07, 6.45) is 1.67. The van der Waals surface area contributed by atoms with E-state index in [1.807, 2.05) is 25.1 Å². The minimum absolute atomic E-state index is 0.389. The molecule has 3 N–H and O–H groups in total. The van der Waals surface area contributed by atoms with Crippen molar-refractivity contribution in [2.45, 2.75) is 6.92 Å². The van der Waals surface area contributed by atoms with Gasteiger partial charge in [0.05, 0.1) is 23.5 Å². The summed E-state index contributed by atoms with van der Waals surface area (Å²) in [6.45, 7) is 2.51. The highest BCUT2D eigenvalue weighted by Gasteiger charge is 2.06. The minimum Gasteiger partial charge on any atom is -0.492 e. The largest absolute Gasteiger partial charge is 0.492 e. The predicted molar refractivity (Wildman–Crippen MR) is 64.6 cm³/mol. The van der Waals surface area contributed by atoms with Crippen molar-refractivity contribution in [2.75, 3.05) is 12.3 Å². The van der Waals surface area contributed by atoms with Gasteiger partial charge in [-0.3, -0.25) is 0 Å². The van der Waals surface area contributed by atoms with Gasteiger partial charge in [-0.2, -0.15) is 0 Å². The lowest BCUT2D eigenvalue weighted by Gasteiger charge is -2.06. The second-order valence-electron chi connectivity index (χ2n) is 3.26. The lowest BCUT2D eigenvalue weighted by atomic mass is 10.1. The van der Waals surface area contributed by atoms with Crippen molar-refractivity contribution in [3.8, 4) is 17.0 Å². The summed E-state index contributed by atoms with van der Waals surface area (Å²) in [5, 5.41) is 0.576. The first-order valence-corrected chi connectivity index (χ1v) is 5.31. The maximum Gasteiger partial charge on any atom is 0.197 e. The van der Waals surface area contributed by atoms with Gasteiger partial charge in [0.25, 0.3) is 0 Å². The summed E-state index contributed by atoms with van der Waals surface area (Å²) < 4.78 is 5.35. The molecule has 0 atom stereocenters. The average molecular weight is 238 g/mol. The van der Waals surface area contributed by atoms with Crippen molar-refractivity contribution in [1.82, 2.24) is 9.97 Å². The third kappa shape index (κ3) is 2.12. The van der Waals surface area contributed by atoms with Crippen LogP contribution in [0, 0.1) is 0 Å². The maximum atomic E-state index is 6.07. The molecule has 1 aromatic heterocycles. The number of H-pyrrole nitrogens is 1. The molecule has 16 heavy (non-hydrogen) atoms. The Labute approximate surface area is 98.4 Å². The number of rotatable bonds is 3. The first kappa shape index (κ1) is 10.8. The lowest BCUT2D eigenvalue weighted by molar-refractivity contribution is 0.340. The number of hydrogen-bond acceptors (Lipinski definition) is 3.